The monoisotopic (exact) mass is 639 g/mol. The van der Waals surface area contributed by atoms with Crippen molar-refractivity contribution in [3.05, 3.63) is 54.1 Å². The third kappa shape index (κ3) is 4.81. The molecule has 2 heterocycles. The summed E-state index contributed by atoms with van der Waals surface area (Å²) in [7, 11) is 0. The number of rotatable bonds is 5. The fourth-order valence-corrected chi connectivity index (χ4v) is 5.10. The highest BCUT2D eigenvalue weighted by atomic mass is 32.2. The summed E-state index contributed by atoms with van der Waals surface area (Å²) >= 11 is 0.987. The second-order valence-corrected chi connectivity index (χ2v) is 10.4. The number of para-hydroxylation sites is 1. The van der Waals surface area contributed by atoms with Gasteiger partial charge < -0.3 is 86.8 Å². The van der Waals surface area contributed by atoms with Crippen LogP contribution in [0.15, 0.2) is 63.3 Å². The van der Waals surface area contributed by atoms with Gasteiger partial charge in [-0.1, -0.05) is 42.1 Å². The number of ether oxygens (including phenoxy) is 1. The summed E-state index contributed by atoms with van der Waals surface area (Å²) in [4.78, 5) is 2.01. The first kappa shape index (κ1) is 33.4. The molecule has 43 heavy (non-hydrogen) atoms. The van der Waals surface area contributed by atoms with Gasteiger partial charge in [-0.2, -0.15) is 0 Å². The highest BCUT2D eigenvalue weighted by molar-refractivity contribution is 7.99. The molecule has 0 aromatic heterocycles. The van der Waals surface area contributed by atoms with E-state index >= 15 is 0 Å². The predicted molar refractivity (Wildman–Crippen MR) is 128 cm³/mol. The van der Waals surface area contributed by atoms with Gasteiger partial charge in [0, 0.05) is 15.4 Å². The van der Waals surface area contributed by atoms with Gasteiger partial charge in [0.15, 0.2) is 0 Å². The molecule has 2 aliphatic rings. The summed E-state index contributed by atoms with van der Waals surface area (Å²) in [6.45, 7) is 0. The maximum absolute atomic E-state index is 11.0. The molecule has 0 aliphatic carbocycles. The van der Waals surface area contributed by atoms with Crippen molar-refractivity contribution < 1.29 is 91.5 Å². The molecule has 0 atom stereocenters. The lowest BCUT2D eigenvalue weighted by atomic mass is 10.0. The molecule has 0 bridgehead atoms. The zero-order valence-electron chi connectivity index (χ0n) is 20.9. The molecule has 4 rings (SSSR count). The molecule has 17 N–H and O–H groups in total. The van der Waals surface area contributed by atoms with E-state index in [9.17, 15) is 71.5 Å². The molecule has 0 amide bonds. The number of piperazine rings is 1. The van der Waals surface area contributed by atoms with Gasteiger partial charge in [-0.15, -0.1) is 4.90 Å². The number of aliphatic imine (C=N–C) groups is 1. The van der Waals surface area contributed by atoms with Crippen molar-refractivity contribution in [2.24, 2.45) is 4.99 Å². The maximum atomic E-state index is 11.0. The van der Waals surface area contributed by atoms with Crippen LogP contribution in [0.3, 0.4) is 0 Å². The molecular formula is C21H25N3O18S. The molecule has 0 spiro atoms. The number of benzene rings is 2. The molecule has 1 saturated heterocycles. The van der Waals surface area contributed by atoms with E-state index in [1.54, 1.807) is 6.07 Å². The van der Waals surface area contributed by atoms with Gasteiger partial charge in [-0.3, -0.25) is 4.74 Å². The summed E-state index contributed by atoms with van der Waals surface area (Å²) < 4.78 is 3.40. The van der Waals surface area contributed by atoms with E-state index in [2.05, 4.69) is 9.73 Å². The topological polar surface area (TPSA) is 372 Å². The van der Waals surface area contributed by atoms with Gasteiger partial charge in [-0.25, -0.2) is 9.89 Å². The van der Waals surface area contributed by atoms with Crippen LogP contribution in [-0.2, 0) is 4.74 Å². The quantitative estimate of drug-likeness (QED) is 0.135. The molecule has 0 saturated carbocycles. The minimum atomic E-state index is -5.52. The Hall–Kier alpha value is -2.50. The molecule has 21 nitrogen and oxygen atoms in total. The van der Waals surface area contributed by atoms with Crippen LogP contribution in [-0.4, -0.2) is 150 Å². The van der Waals surface area contributed by atoms with E-state index in [1.807, 2.05) is 0 Å². The van der Waals surface area contributed by atoms with Crippen LogP contribution in [0, 0.1) is 0 Å². The molecule has 2 aromatic carbocycles. The van der Waals surface area contributed by atoms with Crippen LogP contribution < -0.4 is 0 Å². The van der Waals surface area contributed by atoms with Gasteiger partial charge >= 0.3 is 47.5 Å². The van der Waals surface area contributed by atoms with Crippen molar-refractivity contribution in [1.29, 1.82) is 0 Å². The molecule has 238 valence electrons. The van der Waals surface area contributed by atoms with Gasteiger partial charge in [-0.05, 0) is 18.2 Å². The molecule has 0 unspecified atom stereocenters. The van der Waals surface area contributed by atoms with E-state index in [-0.39, 0.29) is 16.1 Å². The standard InChI is InChI=1S/C21H25N3O18S/c25-14(26)16(29,30)24(18(33,34)20(38,39)42-21(40,41)19(35,36)37)17(31,32)15(27,28)23(14)13-9-5-1-3-7-11(9)43-12-8-4-2-6-10(12)22-13/h1-8,25-41H. The Morgan fingerprint density at radius 2 is 1.07 bits per heavy atom. The van der Waals surface area contributed by atoms with Crippen molar-refractivity contribution in [3.8, 4) is 0 Å². The minimum absolute atomic E-state index is 0.0461. The molecule has 2 aliphatic heterocycles. The molecule has 22 heteroatoms. The van der Waals surface area contributed by atoms with Crippen LogP contribution in [0.5, 0.6) is 0 Å². The highest BCUT2D eigenvalue weighted by Crippen LogP contribution is 2.51. The summed E-state index contributed by atoms with van der Waals surface area (Å²) in [5.74, 6) is -42.0. The van der Waals surface area contributed by atoms with E-state index in [0.717, 1.165) is 11.8 Å². The zero-order valence-corrected chi connectivity index (χ0v) is 21.7. The Kier molecular flexibility index (Phi) is 7.57. The largest absolute Gasteiger partial charge is 0.369 e. The van der Waals surface area contributed by atoms with Crippen LogP contribution in [0.2, 0.25) is 0 Å². The summed E-state index contributed by atoms with van der Waals surface area (Å²) in [5, 5.41) is 173. The Morgan fingerprint density at radius 3 is 1.58 bits per heavy atom. The van der Waals surface area contributed by atoms with Crippen LogP contribution in [0.25, 0.3) is 0 Å². The van der Waals surface area contributed by atoms with Crippen LogP contribution >= 0.6 is 11.8 Å². The minimum Gasteiger partial charge on any atom is -0.347 e. The van der Waals surface area contributed by atoms with E-state index in [1.165, 1.54) is 42.5 Å². The average Bonchev–Trinajstić information content (AvgIpc) is 2.97. The lowest BCUT2D eigenvalue weighted by molar-refractivity contribution is -0.669. The van der Waals surface area contributed by atoms with Crippen molar-refractivity contribution in [3.63, 3.8) is 0 Å². The predicted octanol–water partition coefficient (Wildman–Crippen LogP) is -8.04. The number of aliphatic hydroxyl groups is 17. The maximum Gasteiger partial charge on any atom is 0.369 e. The Labute approximate surface area is 241 Å². The van der Waals surface area contributed by atoms with E-state index < -0.39 is 63.1 Å². The smallest absolute Gasteiger partial charge is 0.347 e. The fourth-order valence-electron chi connectivity index (χ4n) is 4.09. The molecule has 1 fully saturated rings. The van der Waals surface area contributed by atoms with Crippen molar-refractivity contribution in [2.45, 2.75) is 57.3 Å². The van der Waals surface area contributed by atoms with E-state index in [4.69, 9.17) is 15.3 Å². The molecular weight excluding hydrogens is 614 g/mol. The first-order chi connectivity index (χ1) is 19.2. The molecule has 2 aromatic rings. The summed E-state index contributed by atoms with van der Waals surface area (Å²) in [6, 6.07) is 11.2. The summed E-state index contributed by atoms with van der Waals surface area (Å²) in [6.07, 6.45) is 0. The fraction of sp³-hybridized carbons (Fsp3) is 0.381. The summed E-state index contributed by atoms with van der Waals surface area (Å²) in [5.41, 5.74) is -0.310. The number of amidine groups is 1. The second kappa shape index (κ2) is 9.75. The average molecular weight is 640 g/mol. The highest BCUT2D eigenvalue weighted by Gasteiger charge is 2.84. The number of fused-ring (bicyclic) bond motifs is 2. The second-order valence-electron chi connectivity index (χ2n) is 9.30. The number of nitrogens with zero attached hydrogens (tertiary/aromatic N) is 3. The van der Waals surface area contributed by atoms with Crippen molar-refractivity contribution >= 4 is 23.3 Å². The van der Waals surface area contributed by atoms with Gasteiger partial charge in [0.2, 0.25) is 0 Å². The van der Waals surface area contributed by atoms with Crippen LogP contribution in [0.4, 0.5) is 5.69 Å². The van der Waals surface area contributed by atoms with Crippen molar-refractivity contribution in [2.75, 3.05) is 0 Å². The zero-order chi connectivity index (χ0) is 32.8. The van der Waals surface area contributed by atoms with Gasteiger partial charge in [0.1, 0.15) is 5.84 Å². The van der Waals surface area contributed by atoms with Gasteiger partial charge in [0.25, 0.3) is 0 Å². The number of hydrogen-bond acceptors (Lipinski definition) is 22. The SMILES string of the molecule is OC(O)(O)C(O)(O)OC(O)(O)C(O)(O)N1C(O)(O)C(O)(O)N(C2=Nc3ccccc3Sc3ccccc32)C(O)(O)C1(O)O. The third-order valence-corrected chi connectivity index (χ3v) is 7.41. The number of hydrogen-bond donors (Lipinski definition) is 17. The normalized spacial score (nSPS) is 21.9. The Bertz CT molecular complexity index is 1410. The van der Waals surface area contributed by atoms with Gasteiger partial charge in [0.05, 0.1) is 5.69 Å². The van der Waals surface area contributed by atoms with Crippen molar-refractivity contribution in [1.82, 2.24) is 9.80 Å². The molecule has 0 radical (unpaired) electrons. The van der Waals surface area contributed by atoms with Crippen LogP contribution in [0.1, 0.15) is 5.56 Å². The third-order valence-electron chi connectivity index (χ3n) is 6.27. The van der Waals surface area contributed by atoms with E-state index in [0.29, 0.717) is 4.90 Å². The first-order valence-electron chi connectivity index (χ1n) is 11.3. The lowest BCUT2D eigenvalue weighted by Gasteiger charge is -2.63. The lowest BCUT2D eigenvalue weighted by Crippen LogP contribution is -2.95. The Balaban J connectivity index is 1.95. The Morgan fingerprint density at radius 1 is 0.605 bits per heavy atom. The first-order valence-corrected chi connectivity index (χ1v) is 12.1.